The maximum absolute atomic E-state index is 5.49. The van der Waals surface area contributed by atoms with Gasteiger partial charge in [-0.25, -0.2) is 24.9 Å². The molecule has 0 aliphatic carbocycles. The van der Waals surface area contributed by atoms with Crippen LogP contribution in [0.3, 0.4) is 0 Å². The van der Waals surface area contributed by atoms with Gasteiger partial charge in [-0.3, -0.25) is 9.13 Å². The second-order valence-corrected chi connectivity index (χ2v) is 19.1. The molecule has 0 aliphatic rings. The number of fused-ring (bicyclic) bond motifs is 7. The van der Waals surface area contributed by atoms with Crippen molar-refractivity contribution in [2.45, 2.75) is 0 Å². The highest BCUT2D eigenvalue weighted by molar-refractivity contribution is 6.13. The van der Waals surface area contributed by atoms with Crippen molar-refractivity contribution in [3.05, 3.63) is 261 Å². The van der Waals surface area contributed by atoms with Crippen LogP contribution in [0, 0.1) is 0 Å². The lowest BCUT2D eigenvalue weighted by molar-refractivity contribution is 0.989. The molecule has 0 fully saturated rings. The van der Waals surface area contributed by atoms with Crippen molar-refractivity contribution < 1.29 is 0 Å². The van der Waals surface area contributed by atoms with E-state index in [1.807, 2.05) is 103 Å². The first kappa shape index (κ1) is 43.9. The van der Waals surface area contributed by atoms with Gasteiger partial charge in [-0.1, -0.05) is 200 Å². The molecule has 10 aromatic carbocycles. The van der Waals surface area contributed by atoms with Crippen molar-refractivity contribution in [3.8, 4) is 85.3 Å². The molecular formula is C68H43N9. The van der Waals surface area contributed by atoms with E-state index in [0.717, 1.165) is 117 Å². The second kappa shape index (κ2) is 18.1. The molecule has 0 aliphatic heterocycles. The Hall–Kier alpha value is -10.6. The van der Waals surface area contributed by atoms with Gasteiger partial charge in [0, 0.05) is 60.7 Å². The van der Waals surface area contributed by atoms with Crippen LogP contribution in [0.4, 0.5) is 0 Å². The zero-order valence-electron chi connectivity index (χ0n) is 41.4. The molecule has 5 heterocycles. The van der Waals surface area contributed by atoms with Gasteiger partial charge in [0.1, 0.15) is 17.0 Å². The average Bonchev–Trinajstić information content (AvgIpc) is 4.29. The van der Waals surface area contributed by atoms with Crippen molar-refractivity contribution >= 4 is 54.8 Å². The van der Waals surface area contributed by atoms with Gasteiger partial charge in [0.2, 0.25) is 5.95 Å². The topological polar surface area (TPSA) is 92.1 Å². The van der Waals surface area contributed by atoms with E-state index in [9.17, 15) is 0 Å². The number of hydrogen-bond acceptors (Lipinski definition) is 6. The van der Waals surface area contributed by atoms with Crippen LogP contribution < -0.4 is 0 Å². The summed E-state index contributed by atoms with van der Waals surface area (Å²) < 4.78 is 6.72. The Bertz CT molecular complexity index is 4660. The second-order valence-electron chi connectivity index (χ2n) is 19.1. The predicted molar refractivity (Wildman–Crippen MR) is 311 cm³/mol. The molecule has 0 saturated carbocycles. The van der Waals surface area contributed by atoms with Crippen LogP contribution >= 0.6 is 0 Å². The highest BCUT2D eigenvalue weighted by atomic mass is 15.2. The normalized spacial score (nSPS) is 11.6. The molecule has 360 valence electrons. The van der Waals surface area contributed by atoms with Crippen molar-refractivity contribution in [2.75, 3.05) is 0 Å². The number of rotatable bonds is 9. The standard InChI is InChI=1S/C68H43N9/c1-6-21-44(22-7-1)61-62-67(76(51-30-14-5-15-31-51)66(69-62)47-27-12-4-13-28-47)74-68(70-61)77-58-36-19-17-34-54(58)56-43-49(38-40-60(56)77)48-37-39-59-55(42-48)53-33-16-18-35-57(53)75(59)52-32-20-29-50(41-52)65-72-63(45-23-8-2-9-24-45)71-64(73-65)46-25-10-3-11-26-46/h1-43H. The molecule has 9 heteroatoms. The Morgan fingerprint density at radius 3 is 1.27 bits per heavy atom. The summed E-state index contributed by atoms with van der Waals surface area (Å²) in [5.41, 5.74) is 15.4. The van der Waals surface area contributed by atoms with Crippen LogP contribution in [0.2, 0.25) is 0 Å². The van der Waals surface area contributed by atoms with E-state index < -0.39 is 0 Å². The summed E-state index contributed by atoms with van der Waals surface area (Å²) in [5, 5.41) is 4.53. The molecule has 9 nitrogen and oxygen atoms in total. The van der Waals surface area contributed by atoms with E-state index in [1.54, 1.807) is 0 Å². The first-order valence-electron chi connectivity index (χ1n) is 25.7. The minimum atomic E-state index is 0.564. The summed E-state index contributed by atoms with van der Waals surface area (Å²) in [4.78, 5) is 31.4. The molecule has 0 spiro atoms. The molecule has 15 rings (SSSR count). The maximum Gasteiger partial charge on any atom is 0.237 e. The van der Waals surface area contributed by atoms with Gasteiger partial charge in [-0.05, 0) is 71.8 Å². The van der Waals surface area contributed by atoms with Gasteiger partial charge < -0.3 is 4.57 Å². The number of para-hydroxylation sites is 3. The number of nitrogens with zero attached hydrogens (tertiary/aromatic N) is 9. The van der Waals surface area contributed by atoms with Gasteiger partial charge in [-0.15, -0.1) is 0 Å². The molecule has 0 unspecified atom stereocenters. The van der Waals surface area contributed by atoms with Crippen LogP contribution in [0.25, 0.3) is 140 Å². The number of benzene rings is 10. The quantitative estimate of drug-likeness (QED) is 0.143. The summed E-state index contributed by atoms with van der Waals surface area (Å²) in [5.74, 6) is 3.23. The van der Waals surface area contributed by atoms with Crippen LogP contribution in [0.5, 0.6) is 0 Å². The highest BCUT2D eigenvalue weighted by Crippen LogP contribution is 2.40. The van der Waals surface area contributed by atoms with Crippen LogP contribution in [-0.2, 0) is 0 Å². The summed E-state index contributed by atoms with van der Waals surface area (Å²) in [6.07, 6.45) is 0. The Morgan fingerprint density at radius 1 is 0.247 bits per heavy atom. The van der Waals surface area contributed by atoms with Gasteiger partial charge >= 0.3 is 0 Å². The summed E-state index contributed by atoms with van der Waals surface area (Å²) in [6.45, 7) is 0. The lowest BCUT2D eigenvalue weighted by Crippen LogP contribution is -2.05. The Labute approximate surface area is 442 Å². The Morgan fingerprint density at radius 2 is 0.688 bits per heavy atom. The molecule has 5 aromatic heterocycles. The van der Waals surface area contributed by atoms with Crippen LogP contribution in [0.1, 0.15) is 0 Å². The number of imidazole rings is 1. The largest absolute Gasteiger partial charge is 0.309 e. The fourth-order valence-corrected chi connectivity index (χ4v) is 11.0. The molecule has 0 amide bonds. The first-order chi connectivity index (χ1) is 38.2. The SMILES string of the molecule is c1ccc(-c2nc(-c3ccccc3)nc(-c3cccc(-n4c5ccccc5c5cc(-c6ccc7c(c6)c6ccccc6n7-c6nc(-c7ccccc7)c7nc(-c8ccccc8)n(-c8ccccc8)c7n6)ccc54)c3)n2)cc1. The van der Waals surface area contributed by atoms with E-state index >= 15 is 0 Å². The van der Waals surface area contributed by atoms with E-state index in [2.05, 4.69) is 171 Å². The zero-order chi connectivity index (χ0) is 50.8. The fourth-order valence-electron chi connectivity index (χ4n) is 11.0. The minimum absolute atomic E-state index is 0.564. The summed E-state index contributed by atoms with van der Waals surface area (Å²) in [6, 6.07) is 90.5. The van der Waals surface area contributed by atoms with E-state index in [1.165, 1.54) is 0 Å². The Kier molecular flexibility index (Phi) is 10.3. The third-order valence-electron chi connectivity index (χ3n) is 14.5. The molecule has 15 aromatic rings. The van der Waals surface area contributed by atoms with E-state index in [-0.39, 0.29) is 0 Å². The summed E-state index contributed by atoms with van der Waals surface area (Å²) >= 11 is 0. The van der Waals surface area contributed by atoms with Gasteiger partial charge in [-0.2, -0.15) is 4.98 Å². The minimum Gasteiger partial charge on any atom is -0.309 e. The maximum atomic E-state index is 5.49. The van der Waals surface area contributed by atoms with Crippen molar-refractivity contribution in [1.29, 1.82) is 0 Å². The molecule has 77 heavy (non-hydrogen) atoms. The molecule has 0 atom stereocenters. The van der Waals surface area contributed by atoms with Crippen molar-refractivity contribution in [1.82, 2.24) is 43.6 Å². The van der Waals surface area contributed by atoms with Gasteiger partial charge in [0.05, 0.1) is 22.1 Å². The highest BCUT2D eigenvalue weighted by Gasteiger charge is 2.24. The smallest absolute Gasteiger partial charge is 0.237 e. The number of aromatic nitrogens is 9. The molecule has 0 bridgehead atoms. The average molecular weight is 986 g/mol. The molecule has 0 saturated heterocycles. The monoisotopic (exact) mass is 985 g/mol. The van der Waals surface area contributed by atoms with Crippen LogP contribution in [-0.4, -0.2) is 43.6 Å². The third-order valence-corrected chi connectivity index (χ3v) is 14.5. The number of hydrogen-bond donors (Lipinski definition) is 0. The zero-order valence-corrected chi connectivity index (χ0v) is 41.4. The van der Waals surface area contributed by atoms with Gasteiger partial charge in [0.15, 0.2) is 23.1 Å². The summed E-state index contributed by atoms with van der Waals surface area (Å²) in [7, 11) is 0. The Balaban J connectivity index is 0.871. The van der Waals surface area contributed by atoms with E-state index in [4.69, 9.17) is 29.9 Å². The van der Waals surface area contributed by atoms with Crippen LogP contribution in [0.15, 0.2) is 261 Å². The molecule has 0 N–H and O–H groups in total. The van der Waals surface area contributed by atoms with E-state index in [0.29, 0.717) is 23.4 Å². The lowest BCUT2D eigenvalue weighted by atomic mass is 10.0. The fraction of sp³-hybridized carbons (Fsp3) is 0. The van der Waals surface area contributed by atoms with Crippen molar-refractivity contribution in [2.24, 2.45) is 0 Å². The van der Waals surface area contributed by atoms with Crippen molar-refractivity contribution in [3.63, 3.8) is 0 Å². The molecule has 0 radical (unpaired) electrons. The first-order valence-corrected chi connectivity index (χ1v) is 25.7. The third kappa shape index (κ3) is 7.47. The predicted octanol–water partition coefficient (Wildman–Crippen LogP) is 16.2. The molecular weight excluding hydrogens is 943 g/mol. The lowest BCUT2D eigenvalue weighted by Gasteiger charge is -2.12. The van der Waals surface area contributed by atoms with Gasteiger partial charge in [0.25, 0.3) is 0 Å².